The van der Waals surface area contributed by atoms with Crippen molar-refractivity contribution < 1.29 is 14.3 Å². The number of rotatable bonds is 4. The Morgan fingerprint density at radius 1 is 1.23 bits per heavy atom. The minimum absolute atomic E-state index is 0.147. The fourth-order valence-corrected chi connectivity index (χ4v) is 3.51. The lowest BCUT2D eigenvalue weighted by Gasteiger charge is -2.19. The fraction of sp³-hybridized carbons (Fsp3) is 0.167. The molecule has 1 aliphatic heterocycles. The Morgan fingerprint density at radius 2 is 2.04 bits per heavy atom. The summed E-state index contributed by atoms with van der Waals surface area (Å²) in [6.45, 7) is 0.953. The van der Waals surface area contributed by atoms with Crippen molar-refractivity contribution in [2.45, 2.75) is 6.42 Å². The lowest BCUT2D eigenvalue weighted by atomic mass is 10.2. The highest BCUT2D eigenvalue weighted by molar-refractivity contribution is 7.13. The van der Waals surface area contributed by atoms with E-state index in [1.54, 1.807) is 18.3 Å². The van der Waals surface area contributed by atoms with E-state index in [9.17, 15) is 4.79 Å². The number of benzene rings is 1. The Hall–Kier alpha value is -2.64. The maximum atomic E-state index is 12.4. The third-order valence-corrected chi connectivity index (χ3v) is 4.91. The summed E-state index contributed by atoms with van der Waals surface area (Å²) in [6.07, 6.45) is 1.86. The van der Waals surface area contributed by atoms with Gasteiger partial charge < -0.3 is 14.8 Å². The predicted octanol–water partition coefficient (Wildman–Crippen LogP) is 3.81. The van der Waals surface area contributed by atoms with E-state index in [0.717, 1.165) is 10.7 Å². The first-order chi connectivity index (χ1) is 12.7. The van der Waals surface area contributed by atoms with Crippen molar-refractivity contribution >= 4 is 34.5 Å². The number of amides is 1. The number of halogens is 1. The Balaban J connectivity index is 1.45. The molecule has 0 aliphatic carbocycles. The molecule has 2 aromatic heterocycles. The molecule has 0 radical (unpaired) electrons. The van der Waals surface area contributed by atoms with E-state index in [4.69, 9.17) is 21.1 Å². The van der Waals surface area contributed by atoms with Crippen molar-refractivity contribution in [3.05, 3.63) is 52.6 Å². The molecule has 132 valence electrons. The zero-order chi connectivity index (χ0) is 17.9. The highest BCUT2D eigenvalue weighted by Gasteiger charge is 2.17. The van der Waals surface area contributed by atoms with Crippen molar-refractivity contribution in [1.82, 2.24) is 9.97 Å². The molecule has 0 atom stereocenters. The van der Waals surface area contributed by atoms with Crippen LogP contribution in [0.2, 0.25) is 5.02 Å². The van der Waals surface area contributed by atoms with Crippen LogP contribution in [0.3, 0.4) is 0 Å². The highest BCUT2D eigenvalue weighted by Crippen LogP contribution is 2.38. The number of pyridine rings is 1. The van der Waals surface area contributed by atoms with E-state index in [2.05, 4.69) is 15.3 Å². The van der Waals surface area contributed by atoms with Gasteiger partial charge in [0.25, 0.3) is 0 Å². The van der Waals surface area contributed by atoms with Gasteiger partial charge in [-0.15, -0.1) is 11.3 Å². The van der Waals surface area contributed by atoms with Gasteiger partial charge in [0, 0.05) is 23.7 Å². The van der Waals surface area contributed by atoms with Crippen LogP contribution in [-0.2, 0) is 11.2 Å². The maximum absolute atomic E-state index is 12.4. The van der Waals surface area contributed by atoms with Crippen molar-refractivity contribution in [2.75, 3.05) is 18.5 Å². The van der Waals surface area contributed by atoms with Crippen molar-refractivity contribution in [3.63, 3.8) is 0 Å². The van der Waals surface area contributed by atoms with E-state index in [-0.39, 0.29) is 12.3 Å². The molecular formula is C18H14ClN3O3S. The maximum Gasteiger partial charge on any atom is 0.230 e. The van der Waals surface area contributed by atoms with E-state index < -0.39 is 0 Å². The molecule has 0 spiro atoms. The molecule has 4 rings (SSSR count). The van der Waals surface area contributed by atoms with Gasteiger partial charge >= 0.3 is 0 Å². The first kappa shape index (κ1) is 16.8. The third-order valence-electron chi connectivity index (χ3n) is 3.68. The summed E-state index contributed by atoms with van der Waals surface area (Å²) in [4.78, 5) is 21.1. The molecule has 26 heavy (non-hydrogen) atoms. The van der Waals surface area contributed by atoms with Gasteiger partial charge in [0.1, 0.15) is 18.2 Å². The molecule has 6 nitrogen and oxygen atoms in total. The molecule has 0 saturated carbocycles. The van der Waals surface area contributed by atoms with Crippen LogP contribution < -0.4 is 14.8 Å². The molecule has 1 aliphatic rings. The van der Waals surface area contributed by atoms with Crippen LogP contribution in [0.5, 0.6) is 11.5 Å². The number of aromatic nitrogens is 2. The van der Waals surface area contributed by atoms with Gasteiger partial charge in [-0.1, -0.05) is 17.7 Å². The van der Waals surface area contributed by atoms with Crippen LogP contribution >= 0.6 is 22.9 Å². The number of hydrogen-bond acceptors (Lipinski definition) is 6. The molecule has 0 bridgehead atoms. The summed E-state index contributed by atoms with van der Waals surface area (Å²) in [7, 11) is 0. The number of hydrogen-bond donors (Lipinski definition) is 1. The standard InChI is InChI=1S/C18H14ClN3O3S/c19-12-8-15-16(25-6-5-24-15)9-14(12)22-17(23)7-11-10-26-18(21-11)13-3-1-2-4-20-13/h1-4,8-10H,5-7H2,(H,22,23). The number of thiazole rings is 1. The first-order valence-corrected chi connectivity index (χ1v) is 9.19. The number of carbonyl (C=O) groups excluding carboxylic acids is 1. The summed E-state index contributed by atoms with van der Waals surface area (Å²) in [5.74, 6) is 0.947. The second-order valence-corrected chi connectivity index (χ2v) is 6.82. The van der Waals surface area contributed by atoms with Crippen LogP contribution in [0.15, 0.2) is 41.9 Å². The largest absolute Gasteiger partial charge is 0.486 e. The monoisotopic (exact) mass is 387 g/mol. The zero-order valence-corrected chi connectivity index (χ0v) is 15.1. The lowest BCUT2D eigenvalue weighted by Crippen LogP contribution is -2.17. The number of anilines is 1. The number of fused-ring (bicyclic) bond motifs is 1. The fourth-order valence-electron chi connectivity index (χ4n) is 2.51. The van der Waals surface area contributed by atoms with E-state index in [1.165, 1.54) is 11.3 Å². The van der Waals surface area contributed by atoms with Gasteiger partial charge in [-0.05, 0) is 12.1 Å². The molecule has 3 aromatic rings. The van der Waals surface area contributed by atoms with Gasteiger partial charge in [-0.2, -0.15) is 0 Å². The second kappa shape index (κ2) is 7.31. The molecular weight excluding hydrogens is 374 g/mol. The Morgan fingerprint density at radius 3 is 2.81 bits per heavy atom. The molecule has 1 amide bonds. The van der Waals surface area contributed by atoms with E-state index in [1.807, 2.05) is 23.6 Å². The second-order valence-electron chi connectivity index (χ2n) is 5.56. The third kappa shape index (κ3) is 3.63. The molecule has 0 unspecified atom stereocenters. The minimum Gasteiger partial charge on any atom is -0.486 e. The Bertz CT molecular complexity index is 946. The smallest absolute Gasteiger partial charge is 0.230 e. The van der Waals surface area contributed by atoms with Crippen molar-refractivity contribution in [1.29, 1.82) is 0 Å². The van der Waals surface area contributed by atoms with Crippen LogP contribution in [0.1, 0.15) is 5.69 Å². The van der Waals surface area contributed by atoms with Crippen molar-refractivity contribution in [3.8, 4) is 22.2 Å². The van der Waals surface area contributed by atoms with Crippen LogP contribution in [0.4, 0.5) is 5.69 Å². The Kier molecular flexibility index (Phi) is 4.73. The molecule has 1 aromatic carbocycles. The number of ether oxygens (including phenoxy) is 2. The topological polar surface area (TPSA) is 73.3 Å². The van der Waals surface area contributed by atoms with Gasteiger partial charge in [0.2, 0.25) is 5.91 Å². The molecule has 3 heterocycles. The van der Waals surface area contributed by atoms with E-state index in [0.29, 0.717) is 41.1 Å². The van der Waals surface area contributed by atoms with Crippen LogP contribution in [0, 0.1) is 0 Å². The van der Waals surface area contributed by atoms with Gasteiger partial charge in [-0.3, -0.25) is 9.78 Å². The lowest BCUT2D eigenvalue weighted by molar-refractivity contribution is -0.115. The normalized spacial score (nSPS) is 12.7. The number of nitrogens with zero attached hydrogens (tertiary/aromatic N) is 2. The van der Waals surface area contributed by atoms with Gasteiger partial charge in [-0.25, -0.2) is 4.98 Å². The SMILES string of the molecule is O=C(Cc1csc(-c2ccccn2)n1)Nc1cc2c(cc1Cl)OCCO2. The zero-order valence-electron chi connectivity index (χ0n) is 13.6. The number of nitrogens with one attached hydrogen (secondary N) is 1. The number of carbonyl (C=O) groups is 1. The van der Waals surface area contributed by atoms with Gasteiger partial charge in [0.05, 0.1) is 28.5 Å². The average molecular weight is 388 g/mol. The minimum atomic E-state index is -0.207. The molecule has 0 fully saturated rings. The highest BCUT2D eigenvalue weighted by atomic mass is 35.5. The summed E-state index contributed by atoms with van der Waals surface area (Å²) in [6, 6.07) is 8.96. The summed E-state index contributed by atoms with van der Waals surface area (Å²) < 4.78 is 11.0. The summed E-state index contributed by atoms with van der Waals surface area (Å²) in [5.41, 5.74) is 1.96. The Labute approximate surface area is 158 Å². The summed E-state index contributed by atoms with van der Waals surface area (Å²) >= 11 is 7.68. The first-order valence-electron chi connectivity index (χ1n) is 7.94. The average Bonchev–Trinajstić information content (AvgIpc) is 3.11. The molecule has 1 N–H and O–H groups in total. The predicted molar refractivity (Wildman–Crippen MR) is 100 cm³/mol. The van der Waals surface area contributed by atoms with Crippen LogP contribution in [-0.4, -0.2) is 29.1 Å². The van der Waals surface area contributed by atoms with Crippen LogP contribution in [0.25, 0.3) is 10.7 Å². The quantitative estimate of drug-likeness (QED) is 0.736. The molecule has 0 saturated heterocycles. The summed E-state index contributed by atoms with van der Waals surface area (Å²) in [5, 5.41) is 5.84. The molecule has 8 heteroatoms. The van der Waals surface area contributed by atoms with E-state index >= 15 is 0 Å². The van der Waals surface area contributed by atoms with Crippen molar-refractivity contribution in [2.24, 2.45) is 0 Å². The van der Waals surface area contributed by atoms with Gasteiger partial charge in [0.15, 0.2) is 11.5 Å².